The molecule has 5 heteroatoms. The maximum atomic E-state index is 10.6. The van der Waals surface area contributed by atoms with Crippen LogP contribution in [0.4, 0.5) is 0 Å². The molecule has 22 heavy (non-hydrogen) atoms. The van der Waals surface area contributed by atoms with E-state index in [-0.39, 0.29) is 6.61 Å². The van der Waals surface area contributed by atoms with Crippen molar-refractivity contribution in [3.63, 3.8) is 0 Å². The van der Waals surface area contributed by atoms with Crippen LogP contribution in [0.2, 0.25) is 0 Å². The van der Waals surface area contributed by atoms with E-state index in [1.807, 2.05) is 37.3 Å². The second-order valence-electron chi connectivity index (χ2n) is 4.72. The molecule has 0 aliphatic carbocycles. The van der Waals surface area contributed by atoms with E-state index >= 15 is 0 Å². The molecule has 0 amide bonds. The molecule has 2 aromatic heterocycles. The Morgan fingerprint density at radius 2 is 2.00 bits per heavy atom. The summed E-state index contributed by atoms with van der Waals surface area (Å²) in [7, 11) is 0. The summed E-state index contributed by atoms with van der Waals surface area (Å²) >= 11 is 0. The van der Waals surface area contributed by atoms with Crippen molar-refractivity contribution in [2.24, 2.45) is 0 Å². The summed E-state index contributed by atoms with van der Waals surface area (Å²) in [6.45, 7) is 2.11. The predicted octanol–water partition coefficient (Wildman–Crippen LogP) is 3.44. The van der Waals surface area contributed by atoms with E-state index in [0.29, 0.717) is 23.1 Å². The molecule has 110 valence electrons. The number of oxazole rings is 1. The van der Waals surface area contributed by atoms with Crippen LogP contribution in [-0.2, 0) is 6.61 Å². The second-order valence-corrected chi connectivity index (χ2v) is 4.72. The Kier molecular flexibility index (Phi) is 3.96. The summed E-state index contributed by atoms with van der Waals surface area (Å²) in [5, 5.41) is 0. The molecule has 5 nitrogen and oxygen atoms in total. The lowest BCUT2D eigenvalue weighted by molar-refractivity contribution is 0.112. The average molecular weight is 294 g/mol. The van der Waals surface area contributed by atoms with E-state index in [2.05, 4.69) is 9.97 Å². The van der Waals surface area contributed by atoms with Crippen molar-refractivity contribution >= 4 is 6.29 Å². The number of carbonyl (C=O) groups is 1. The lowest BCUT2D eigenvalue weighted by Crippen LogP contribution is -1.99. The number of carbonyl (C=O) groups excluding carboxylic acids is 1. The van der Waals surface area contributed by atoms with Crippen LogP contribution in [0.3, 0.4) is 0 Å². The van der Waals surface area contributed by atoms with Crippen molar-refractivity contribution in [3.8, 4) is 17.3 Å². The standard InChI is InChI=1S/C17H14N2O3/c1-12-15(11-21-16-8-7-13(10-20)9-18-16)19-17(22-12)14-5-3-2-4-6-14/h2-10H,11H2,1H3. The van der Waals surface area contributed by atoms with Crippen LogP contribution in [0.15, 0.2) is 53.1 Å². The molecule has 3 rings (SSSR count). The summed E-state index contributed by atoms with van der Waals surface area (Å²) in [6.07, 6.45) is 2.21. The van der Waals surface area contributed by atoms with Gasteiger partial charge in [-0.3, -0.25) is 4.79 Å². The van der Waals surface area contributed by atoms with Gasteiger partial charge in [-0.05, 0) is 25.1 Å². The Bertz CT molecular complexity index is 764. The lowest BCUT2D eigenvalue weighted by Gasteiger charge is -2.02. The van der Waals surface area contributed by atoms with Crippen LogP contribution in [0.25, 0.3) is 11.5 Å². The highest BCUT2D eigenvalue weighted by atomic mass is 16.5. The maximum absolute atomic E-state index is 10.6. The van der Waals surface area contributed by atoms with Crippen molar-refractivity contribution in [3.05, 3.63) is 65.7 Å². The van der Waals surface area contributed by atoms with E-state index < -0.39 is 0 Å². The van der Waals surface area contributed by atoms with Gasteiger partial charge in [0.05, 0.1) is 0 Å². The van der Waals surface area contributed by atoms with E-state index in [1.165, 1.54) is 6.20 Å². The third-order valence-electron chi connectivity index (χ3n) is 3.17. The van der Waals surface area contributed by atoms with Gasteiger partial charge in [-0.2, -0.15) is 0 Å². The summed E-state index contributed by atoms with van der Waals surface area (Å²) in [5.41, 5.74) is 2.15. The number of aryl methyl sites for hydroxylation is 1. The topological polar surface area (TPSA) is 65.2 Å². The van der Waals surface area contributed by atoms with Gasteiger partial charge < -0.3 is 9.15 Å². The minimum absolute atomic E-state index is 0.260. The highest BCUT2D eigenvalue weighted by molar-refractivity contribution is 5.73. The van der Waals surface area contributed by atoms with Gasteiger partial charge in [0.1, 0.15) is 18.1 Å². The first-order chi connectivity index (χ1) is 10.8. The number of nitrogens with zero attached hydrogens (tertiary/aromatic N) is 2. The summed E-state index contributed by atoms with van der Waals surface area (Å²) in [6, 6.07) is 13.0. The minimum Gasteiger partial charge on any atom is -0.471 e. The van der Waals surface area contributed by atoms with Crippen LogP contribution in [0, 0.1) is 6.92 Å². The van der Waals surface area contributed by atoms with Crippen LogP contribution in [0.1, 0.15) is 21.8 Å². The van der Waals surface area contributed by atoms with Crippen molar-refractivity contribution in [2.75, 3.05) is 0 Å². The Morgan fingerprint density at radius 3 is 2.68 bits per heavy atom. The van der Waals surface area contributed by atoms with E-state index in [1.54, 1.807) is 12.1 Å². The van der Waals surface area contributed by atoms with Gasteiger partial charge in [0.15, 0.2) is 6.29 Å². The number of aromatic nitrogens is 2. The van der Waals surface area contributed by atoms with Crippen molar-refractivity contribution in [1.29, 1.82) is 0 Å². The van der Waals surface area contributed by atoms with Gasteiger partial charge in [-0.1, -0.05) is 18.2 Å². The predicted molar refractivity (Wildman–Crippen MR) is 80.6 cm³/mol. The number of rotatable bonds is 5. The number of hydrogen-bond donors (Lipinski definition) is 0. The minimum atomic E-state index is 0.260. The zero-order valence-corrected chi connectivity index (χ0v) is 12.0. The smallest absolute Gasteiger partial charge is 0.226 e. The second kappa shape index (κ2) is 6.22. The molecule has 0 aliphatic rings. The fourth-order valence-corrected chi connectivity index (χ4v) is 1.96. The summed E-state index contributed by atoms with van der Waals surface area (Å²) in [5.74, 6) is 1.72. The molecule has 0 unspecified atom stereocenters. The zero-order valence-electron chi connectivity index (χ0n) is 12.0. The molecule has 0 aliphatic heterocycles. The number of pyridine rings is 1. The van der Waals surface area contributed by atoms with Gasteiger partial charge in [0.2, 0.25) is 11.8 Å². The third-order valence-corrected chi connectivity index (χ3v) is 3.17. The fourth-order valence-electron chi connectivity index (χ4n) is 1.96. The normalized spacial score (nSPS) is 10.4. The molecule has 0 saturated heterocycles. The van der Waals surface area contributed by atoms with Crippen LogP contribution in [0.5, 0.6) is 5.88 Å². The molecule has 0 spiro atoms. The largest absolute Gasteiger partial charge is 0.471 e. The highest BCUT2D eigenvalue weighted by Crippen LogP contribution is 2.22. The van der Waals surface area contributed by atoms with Crippen LogP contribution >= 0.6 is 0 Å². The third kappa shape index (κ3) is 3.03. The van der Waals surface area contributed by atoms with E-state index in [9.17, 15) is 4.79 Å². The Balaban J connectivity index is 1.72. The molecule has 0 fully saturated rings. The number of hydrogen-bond acceptors (Lipinski definition) is 5. The number of aldehydes is 1. The van der Waals surface area contributed by atoms with Gasteiger partial charge in [0.25, 0.3) is 0 Å². The summed E-state index contributed by atoms with van der Waals surface area (Å²) < 4.78 is 11.2. The molecular formula is C17H14N2O3. The molecule has 0 N–H and O–H groups in total. The van der Waals surface area contributed by atoms with Crippen molar-refractivity contribution in [1.82, 2.24) is 9.97 Å². The molecule has 1 aromatic carbocycles. The van der Waals surface area contributed by atoms with Crippen LogP contribution < -0.4 is 4.74 Å². The van der Waals surface area contributed by atoms with E-state index in [0.717, 1.165) is 17.5 Å². The maximum Gasteiger partial charge on any atom is 0.226 e. The Hall–Kier alpha value is -2.95. The lowest BCUT2D eigenvalue weighted by atomic mass is 10.2. The molecule has 0 bridgehead atoms. The molecule has 0 saturated carbocycles. The highest BCUT2D eigenvalue weighted by Gasteiger charge is 2.12. The number of benzene rings is 1. The summed E-state index contributed by atoms with van der Waals surface area (Å²) in [4.78, 5) is 19.1. The van der Waals surface area contributed by atoms with Gasteiger partial charge in [0, 0.05) is 23.4 Å². The molecule has 3 aromatic rings. The molecular weight excluding hydrogens is 280 g/mol. The first-order valence-electron chi connectivity index (χ1n) is 6.82. The average Bonchev–Trinajstić information content (AvgIpc) is 2.95. The Labute approximate surface area is 127 Å². The van der Waals surface area contributed by atoms with Gasteiger partial charge in [-0.25, -0.2) is 9.97 Å². The van der Waals surface area contributed by atoms with Crippen molar-refractivity contribution in [2.45, 2.75) is 13.5 Å². The van der Waals surface area contributed by atoms with Gasteiger partial charge >= 0.3 is 0 Å². The van der Waals surface area contributed by atoms with Crippen LogP contribution in [-0.4, -0.2) is 16.3 Å². The Morgan fingerprint density at radius 1 is 1.18 bits per heavy atom. The molecule has 0 atom stereocenters. The van der Waals surface area contributed by atoms with Crippen molar-refractivity contribution < 1.29 is 13.9 Å². The SMILES string of the molecule is Cc1oc(-c2ccccc2)nc1COc1ccc(C=O)cn1. The van der Waals surface area contributed by atoms with Gasteiger partial charge in [-0.15, -0.1) is 0 Å². The monoisotopic (exact) mass is 294 g/mol. The first kappa shape index (κ1) is 14.0. The quantitative estimate of drug-likeness (QED) is 0.674. The molecule has 2 heterocycles. The van der Waals surface area contributed by atoms with E-state index in [4.69, 9.17) is 9.15 Å². The first-order valence-corrected chi connectivity index (χ1v) is 6.82. The number of ether oxygens (including phenoxy) is 1. The fraction of sp³-hybridized carbons (Fsp3) is 0.118. The molecule has 0 radical (unpaired) electrons. The zero-order chi connectivity index (χ0) is 15.4.